The zero-order valence-corrected chi connectivity index (χ0v) is 18.4. The Morgan fingerprint density at radius 3 is 2.46 bits per heavy atom. The Morgan fingerprint density at radius 1 is 1.31 bits per heavy atom. The molecule has 0 aliphatic heterocycles. The number of hydrogen-bond donors (Lipinski definition) is 0. The first-order chi connectivity index (χ1) is 12.6. The van der Waals surface area contributed by atoms with Crippen molar-refractivity contribution in [2.75, 3.05) is 26.5 Å². The van der Waals surface area contributed by atoms with Gasteiger partial charge in [0.25, 0.3) is 0 Å². The van der Waals surface area contributed by atoms with Gasteiger partial charge in [0.1, 0.15) is 0 Å². The summed E-state index contributed by atoms with van der Waals surface area (Å²) < 4.78 is 4.25. The third-order valence-electron chi connectivity index (χ3n) is 2.95. The molecule has 0 aliphatic rings. The van der Waals surface area contributed by atoms with Crippen LogP contribution in [-0.4, -0.2) is 32.7 Å². The fourth-order valence-corrected chi connectivity index (χ4v) is 2.57. The summed E-state index contributed by atoms with van der Waals surface area (Å²) in [7, 11) is 3.25. The summed E-state index contributed by atoms with van der Waals surface area (Å²) in [6, 6.07) is 8.49. The SMILES string of the molecule is C/C=C(\C)CSc1ccccc1C=NCCCC.C=C/C=C/Cl.COC. The highest BCUT2D eigenvalue weighted by Gasteiger charge is 2.00. The van der Waals surface area contributed by atoms with E-state index in [1.54, 1.807) is 26.4 Å². The molecule has 1 aromatic rings. The van der Waals surface area contributed by atoms with Crippen LogP contribution in [0, 0.1) is 0 Å². The average molecular weight is 396 g/mol. The molecule has 0 saturated heterocycles. The van der Waals surface area contributed by atoms with Gasteiger partial charge >= 0.3 is 0 Å². The third kappa shape index (κ3) is 17.5. The van der Waals surface area contributed by atoms with Crippen LogP contribution >= 0.6 is 23.4 Å². The second-order valence-corrected chi connectivity index (χ2v) is 6.58. The van der Waals surface area contributed by atoms with Crippen molar-refractivity contribution >= 4 is 29.6 Å². The maximum atomic E-state index is 5.05. The number of hydrogen-bond acceptors (Lipinski definition) is 3. The number of thioether (sulfide) groups is 1. The van der Waals surface area contributed by atoms with Crippen molar-refractivity contribution in [1.29, 1.82) is 0 Å². The Kier molecular flexibility index (Phi) is 22.5. The summed E-state index contributed by atoms with van der Waals surface area (Å²) in [5.41, 5.74) is 4.06. The first-order valence-corrected chi connectivity index (χ1v) is 10.1. The summed E-state index contributed by atoms with van der Waals surface area (Å²) in [4.78, 5) is 5.80. The molecule has 146 valence electrons. The number of rotatable bonds is 8. The molecule has 1 rings (SSSR count). The molecule has 0 aromatic heterocycles. The minimum Gasteiger partial charge on any atom is -0.388 e. The smallest absolute Gasteiger partial charge is 0.0389 e. The Balaban J connectivity index is 0. The van der Waals surface area contributed by atoms with Gasteiger partial charge in [-0.2, -0.15) is 0 Å². The number of benzene rings is 1. The van der Waals surface area contributed by atoms with E-state index >= 15 is 0 Å². The van der Waals surface area contributed by atoms with Crippen LogP contribution in [0.15, 0.2) is 70.1 Å². The maximum absolute atomic E-state index is 5.05. The van der Waals surface area contributed by atoms with Crippen molar-refractivity contribution in [3.8, 4) is 0 Å². The van der Waals surface area contributed by atoms with Crippen molar-refractivity contribution < 1.29 is 4.74 Å². The zero-order chi connectivity index (χ0) is 20.0. The van der Waals surface area contributed by atoms with E-state index in [9.17, 15) is 0 Å². The zero-order valence-electron chi connectivity index (χ0n) is 16.9. The molecular formula is C22H34ClNOS. The van der Waals surface area contributed by atoms with Crippen molar-refractivity contribution in [3.05, 3.63) is 65.7 Å². The van der Waals surface area contributed by atoms with Crippen LogP contribution in [0.1, 0.15) is 39.2 Å². The van der Waals surface area contributed by atoms with Crippen LogP contribution in [0.2, 0.25) is 0 Å². The number of aliphatic imine (C=N–C) groups is 1. The normalized spacial score (nSPS) is 10.9. The first kappa shape index (κ1) is 26.9. The second-order valence-electron chi connectivity index (χ2n) is 5.31. The van der Waals surface area contributed by atoms with E-state index < -0.39 is 0 Å². The van der Waals surface area contributed by atoms with Gasteiger partial charge in [0.05, 0.1) is 0 Å². The molecule has 0 radical (unpaired) electrons. The van der Waals surface area contributed by atoms with Gasteiger partial charge < -0.3 is 4.74 Å². The van der Waals surface area contributed by atoms with Gasteiger partial charge in [0.15, 0.2) is 0 Å². The summed E-state index contributed by atoms with van der Waals surface area (Å²) >= 11 is 6.93. The fourth-order valence-electron chi connectivity index (χ4n) is 1.46. The predicted molar refractivity (Wildman–Crippen MR) is 122 cm³/mol. The topological polar surface area (TPSA) is 21.6 Å². The molecule has 26 heavy (non-hydrogen) atoms. The highest BCUT2D eigenvalue weighted by Crippen LogP contribution is 2.23. The number of ether oxygens (including phenoxy) is 1. The summed E-state index contributed by atoms with van der Waals surface area (Å²) in [6.07, 6.45) is 9.83. The van der Waals surface area contributed by atoms with Gasteiger partial charge in [-0.3, -0.25) is 4.99 Å². The molecule has 0 saturated carbocycles. The van der Waals surface area contributed by atoms with Crippen LogP contribution < -0.4 is 0 Å². The molecule has 0 fully saturated rings. The van der Waals surface area contributed by atoms with E-state index in [1.165, 1.54) is 34.4 Å². The van der Waals surface area contributed by atoms with Crippen LogP contribution in [0.25, 0.3) is 0 Å². The fraction of sp³-hybridized carbons (Fsp3) is 0.409. The van der Waals surface area contributed by atoms with E-state index in [1.807, 2.05) is 18.0 Å². The Hall–Kier alpha value is -1.29. The van der Waals surface area contributed by atoms with E-state index in [2.05, 4.69) is 67.4 Å². The van der Waals surface area contributed by atoms with Gasteiger partial charge in [-0.25, -0.2) is 0 Å². The Bertz CT molecular complexity index is 539. The van der Waals surface area contributed by atoms with E-state index in [0.29, 0.717) is 0 Å². The third-order valence-corrected chi connectivity index (χ3v) is 4.38. The predicted octanol–water partition coefficient (Wildman–Crippen LogP) is 7.15. The van der Waals surface area contributed by atoms with Crippen molar-refractivity contribution in [1.82, 2.24) is 0 Å². The molecule has 0 unspecified atom stereocenters. The molecule has 4 heteroatoms. The minimum absolute atomic E-state index is 0.934. The summed E-state index contributed by atoms with van der Waals surface area (Å²) in [6.45, 7) is 10.8. The first-order valence-electron chi connectivity index (χ1n) is 8.72. The van der Waals surface area contributed by atoms with E-state index in [0.717, 1.165) is 12.3 Å². The van der Waals surface area contributed by atoms with Crippen molar-refractivity contribution in [2.24, 2.45) is 4.99 Å². The van der Waals surface area contributed by atoms with E-state index in [-0.39, 0.29) is 0 Å². The lowest BCUT2D eigenvalue weighted by molar-refractivity contribution is 0.277. The number of methoxy groups -OCH3 is 1. The van der Waals surface area contributed by atoms with E-state index in [4.69, 9.17) is 11.6 Å². The molecule has 0 heterocycles. The lowest BCUT2D eigenvalue weighted by atomic mass is 10.2. The lowest BCUT2D eigenvalue weighted by Gasteiger charge is -2.05. The number of unbranched alkanes of at least 4 members (excludes halogenated alkanes) is 1. The molecule has 1 aromatic carbocycles. The quantitative estimate of drug-likeness (QED) is 0.153. The van der Waals surface area contributed by atoms with Crippen LogP contribution in [0.4, 0.5) is 0 Å². The second kappa shape index (κ2) is 21.8. The highest BCUT2D eigenvalue weighted by atomic mass is 35.5. The van der Waals surface area contributed by atoms with Gasteiger partial charge in [-0.05, 0) is 26.3 Å². The molecule has 0 aliphatic carbocycles. The van der Waals surface area contributed by atoms with Gasteiger partial charge in [-0.1, -0.05) is 73.5 Å². The number of halogens is 1. The van der Waals surface area contributed by atoms with Crippen molar-refractivity contribution in [3.63, 3.8) is 0 Å². The van der Waals surface area contributed by atoms with Gasteiger partial charge in [-0.15, -0.1) is 11.8 Å². The summed E-state index contributed by atoms with van der Waals surface area (Å²) in [5.74, 6) is 1.05. The Labute approximate surface area is 170 Å². The molecule has 0 bridgehead atoms. The molecule has 2 nitrogen and oxygen atoms in total. The van der Waals surface area contributed by atoms with Crippen LogP contribution in [0.5, 0.6) is 0 Å². The largest absolute Gasteiger partial charge is 0.388 e. The number of nitrogens with zero attached hydrogens (tertiary/aromatic N) is 1. The maximum Gasteiger partial charge on any atom is 0.0389 e. The Morgan fingerprint density at radius 2 is 1.96 bits per heavy atom. The molecule has 0 N–H and O–H groups in total. The summed E-state index contributed by atoms with van der Waals surface area (Å²) in [5, 5.41) is 0. The van der Waals surface area contributed by atoms with Crippen LogP contribution in [0.3, 0.4) is 0 Å². The minimum atomic E-state index is 0.934. The molecule has 0 spiro atoms. The molecule has 0 atom stereocenters. The standard InChI is InChI=1S/C16H23NS.C4H5Cl.C2H6O/c1-4-6-11-17-12-15-9-7-8-10-16(15)18-13-14(3)5-2;1-2-3-4-5;1-3-2/h5,7-10,12H,4,6,11,13H2,1-3H3;2-4H,1H2;1-2H3/b14-5+,17-12?;4-3+;. The van der Waals surface area contributed by atoms with Gasteiger partial charge in [0, 0.05) is 48.7 Å². The van der Waals surface area contributed by atoms with Crippen molar-refractivity contribution in [2.45, 2.75) is 38.5 Å². The van der Waals surface area contributed by atoms with Crippen LogP contribution in [-0.2, 0) is 4.74 Å². The monoisotopic (exact) mass is 395 g/mol. The lowest BCUT2D eigenvalue weighted by Crippen LogP contribution is -1.89. The average Bonchev–Trinajstić information content (AvgIpc) is 2.66. The molecular weight excluding hydrogens is 362 g/mol. The highest BCUT2D eigenvalue weighted by molar-refractivity contribution is 7.99. The number of allylic oxidation sites excluding steroid dienone is 3. The van der Waals surface area contributed by atoms with Gasteiger partial charge in [0.2, 0.25) is 0 Å². The molecule has 0 amide bonds.